The predicted molar refractivity (Wildman–Crippen MR) is 97.2 cm³/mol. The van der Waals surface area contributed by atoms with E-state index in [9.17, 15) is 4.39 Å². The van der Waals surface area contributed by atoms with E-state index in [-0.39, 0.29) is 0 Å². The van der Waals surface area contributed by atoms with Gasteiger partial charge in [0.2, 0.25) is 0 Å². The summed E-state index contributed by atoms with van der Waals surface area (Å²) in [5.74, 6) is 0.954. The summed E-state index contributed by atoms with van der Waals surface area (Å²) in [7, 11) is 0. The van der Waals surface area contributed by atoms with Gasteiger partial charge in [-0.3, -0.25) is 0 Å². The molecule has 1 spiro atoms. The lowest BCUT2D eigenvalue weighted by Gasteiger charge is -2.49. The first kappa shape index (κ1) is 20.0. The highest BCUT2D eigenvalue weighted by Crippen LogP contribution is 2.29. The fraction of sp³-hybridized carbons (Fsp3) is 1.00. The van der Waals surface area contributed by atoms with Crippen molar-refractivity contribution in [2.24, 2.45) is 11.3 Å². The van der Waals surface area contributed by atoms with Gasteiger partial charge in [-0.25, -0.2) is 4.39 Å². The van der Waals surface area contributed by atoms with E-state index in [0.717, 1.165) is 25.6 Å². The quantitative estimate of drug-likeness (QED) is 0.526. The van der Waals surface area contributed by atoms with Crippen LogP contribution in [0.15, 0.2) is 0 Å². The van der Waals surface area contributed by atoms with Gasteiger partial charge >= 0.3 is 0 Å². The minimum Gasteiger partial charge on any atom is -0.372 e. The zero-order valence-electron chi connectivity index (χ0n) is 15.9. The number of alkyl halides is 1. The summed E-state index contributed by atoms with van der Waals surface area (Å²) in [6.45, 7) is 17.5. The van der Waals surface area contributed by atoms with Crippen molar-refractivity contribution in [2.45, 2.75) is 45.4 Å². The molecule has 5 heterocycles. The van der Waals surface area contributed by atoms with E-state index < -0.39 is 5.67 Å². The second-order valence-corrected chi connectivity index (χ2v) is 8.93. The molecule has 5 nitrogen and oxygen atoms in total. The second kappa shape index (κ2) is 8.41. The van der Waals surface area contributed by atoms with Crippen LogP contribution in [0, 0.1) is 11.3 Å². The summed E-state index contributed by atoms with van der Waals surface area (Å²) in [5, 5.41) is 12.4. The molecule has 0 saturated carbocycles. The van der Waals surface area contributed by atoms with Crippen LogP contribution in [-0.4, -0.2) is 70.2 Å². The fourth-order valence-corrected chi connectivity index (χ4v) is 2.60. The third kappa shape index (κ3) is 6.56. The molecule has 0 aromatic rings. The molecule has 5 fully saturated rings. The Morgan fingerprint density at radius 2 is 1.21 bits per heavy atom. The molecule has 5 saturated heterocycles. The predicted octanol–water partition coefficient (Wildman–Crippen LogP) is 0.908. The van der Waals surface area contributed by atoms with E-state index in [1.54, 1.807) is 6.92 Å². The van der Waals surface area contributed by atoms with Gasteiger partial charge in [0.25, 0.3) is 0 Å². The van der Waals surface area contributed by atoms with Gasteiger partial charge in [0.1, 0.15) is 5.67 Å². The van der Waals surface area contributed by atoms with E-state index in [1.165, 1.54) is 32.6 Å². The molecule has 0 radical (unpaired) electrons. The molecule has 0 aliphatic carbocycles. The van der Waals surface area contributed by atoms with Gasteiger partial charge in [0, 0.05) is 45.7 Å². The van der Waals surface area contributed by atoms with Crippen LogP contribution in [-0.2, 0) is 4.74 Å². The molecule has 142 valence electrons. The van der Waals surface area contributed by atoms with Crippen LogP contribution in [0.5, 0.6) is 0 Å². The van der Waals surface area contributed by atoms with Gasteiger partial charge in [-0.05, 0) is 31.3 Å². The normalized spacial score (nSPS) is 29.9. The van der Waals surface area contributed by atoms with Crippen LogP contribution >= 0.6 is 0 Å². The van der Waals surface area contributed by atoms with Gasteiger partial charge in [0.15, 0.2) is 0 Å². The van der Waals surface area contributed by atoms with Crippen molar-refractivity contribution in [2.75, 3.05) is 59.0 Å². The Balaban J connectivity index is 0.000000117. The van der Waals surface area contributed by atoms with Gasteiger partial charge in [0.05, 0.1) is 12.2 Å². The zero-order chi connectivity index (χ0) is 17.7. The highest BCUT2D eigenvalue weighted by atomic mass is 19.1. The number of halogens is 1. The average Bonchev–Trinajstić information content (AvgIpc) is 2.32. The third-order valence-electron chi connectivity index (χ3n) is 5.04. The van der Waals surface area contributed by atoms with Gasteiger partial charge in [-0.1, -0.05) is 20.8 Å². The Kier molecular flexibility index (Phi) is 7.02. The van der Waals surface area contributed by atoms with E-state index >= 15 is 0 Å². The average molecular weight is 345 g/mol. The Morgan fingerprint density at radius 3 is 1.21 bits per heavy atom. The van der Waals surface area contributed by atoms with Crippen molar-refractivity contribution in [1.82, 2.24) is 21.3 Å². The van der Waals surface area contributed by atoms with Crippen molar-refractivity contribution in [1.29, 1.82) is 0 Å². The summed E-state index contributed by atoms with van der Waals surface area (Å²) >= 11 is 0. The van der Waals surface area contributed by atoms with Gasteiger partial charge in [-0.15, -0.1) is 0 Å². The molecular formula is C18H37FN4O. The van der Waals surface area contributed by atoms with Crippen LogP contribution in [0.25, 0.3) is 0 Å². The van der Waals surface area contributed by atoms with E-state index in [2.05, 4.69) is 42.0 Å². The van der Waals surface area contributed by atoms with Crippen molar-refractivity contribution >= 4 is 0 Å². The van der Waals surface area contributed by atoms with Crippen LogP contribution in [0.1, 0.15) is 34.1 Å². The fourth-order valence-electron chi connectivity index (χ4n) is 2.60. The lowest BCUT2D eigenvalue weighted by molar-refractivity contribution is -0.173. The van der Waals surface area contributed by atoms with Crippen molar-refractivity contribution in [3.63, 3.8) is 0 Å². The summed E-state index contributed by atoms with van der Waals surface area (Å²) in [5.41, 5.74) is 0.0556. The highest BCUT2D eigenvalue weighted by molar-refractivity contribution is 4.99. The third-order valence-corrected chi connectivity index (χ3v) is 5.04. The van der Waals surface area contributed by atoms with Crippen molar-refractivity contribution in [3.05, 3.63) is 0 Å². The lowest BCUT2D eigenvalue weighted by Crippen LogP contribution is -2.66. The summed E-state index contributed by atoms with van der Waals surface area (Å²) in [6.07, 6.45) is 1.28. The topological polar surface area (TPSA) is 57.4 Å². The maximum Gasteiger partial charge on any atom is 0.132 e. The first-order valence-corrected chi connectivity index (χ1v) is 9.38. The van der Waals surface area contributed by atoms with E-state index in [0.29, 0.717) is 24.1 Å². The SMILES string of the molecule is C1CC2(CNC2)O1.CC1(C)CNC1.CC1(F)CNC1.CC1CNC1. The number of rotatable bonds is 0. The van der Waals surface area contributed by atoms with Crippen molar-refractivity contribution < 1.29 is 9.13 Å². The molecule has 0 aromatic heterocycles. The summed E-state index contributed by atoms with van der Waals surface area (Å²) < 4.78 is 17.4. The van der Waals surface area contributed by atoms with Crippen LogP contribution < -0.4 is 21.3 Å². The Bertz CT molecular complexity index is 332. The largest absolute Gasteiger partial charge is 0.372 e. The highest BCUT2D eigenvalue weighted by Gasteiger charge is 2.43. The molecule has 5 aliphatic heterocycles. The Labute approximate surface area is 146 Å². The van der Waals surface area contributed by atoms with Crippen LogP contribution in [0.2, 0.25) is 0 Å². The molecule has 0 unspecified atom stereocenters. The molecule has 0 aromatic carbocycles. The molecular weight excluding hydrogens is 307 g/mol. The van der Waals surface area contributed by atoms with E-state index in [1.807, 2.05) is 0 Å². The molecule has 0 amide bonds. The summed E-state index contributed by atoms with van der Waals surface area (Å²) in [4.78, 5) is 0. The summed E-state index contributed by atoms with van der Waals surface area (Å²) in [6, 6.07) is 0. The monoisotopic (exact) mass is 344 g/mol. The van der Waals surface area contributed by atoms with Crippen molar-refractivity contribution in [3.8, 4) is 0 Å². The standard InChI is InChI=1S/C5H9NO.C5H11N.C4H8FN.C4H9N/c1-2-7-5(1)3-6-4-5;1-5(2)3-6-4-5;1-4(5)2-6-3-4;1-4-2-5-3-4/h6H,1-4H2;6H,3-4H2,1-2H3;6H,2-3H2,1H3;4-5H,2-3H2,1H3. The number of ether oxygens (including phenoxy) is 1. The first-order valence-electron chi connectivity index (χ1n) is 9.38. The number of hydrogen-bond donors (Lipinski definition) is 4. The molecule has 24 heavy (non-hydrogen) atoms. The second-order valence-electron chi connectivity index (χ2n) is 8.93. The van der Waals surface area contributed by atoms with Gasteiger partial charge < -0.3 is 26.0 Å². The molecule has 0 bridgehead atoms. The van der Waals surface area contributed by atoms with Crippen LogP contribution in [0.4, 0.5) is 4.39 Å². The van der Waals surface area contributed by atoms with E-state index in [4.69, 9.17) is 4.74 Å². The minimum atomic E-state index is -0.889. The molecule has 4 N–H and O–H groups in total. The molecule has 6 heteroatoms. The number of hydrogen-bond acceptors (Lipinski definition) is 5. The molecule has 0 atom stereocenters. The maximum atomic E-state index is 12.1. The smallest absolute Gasteiger partial charge is 0.132 e. The Hall–Kier alpha value is -0.270. The minimum absolute atomic E-state index is 0.333. The first-order chi connectivity index (χ1) is 11.2. The lowest BCUT2D eigenvalue weighted by atomic mass is 9.87. The maximum absolute atomic E-state index is 12.1. The molecule has 5 aliphatic rings. The molecule has 5 rings (SSSR count). The zero-order valence-corrected chi connectivity index (χ0v) is 15.9. The van der Waals surface area contributed by atoms with Gasteiger partial charge in [-0.2, -0.15) is 0 Å². The Morgan fingerprint density at radius 1 is 0.833 bits per heavy atom. The number of nitrogens with one attached hydrogen (secondary N) is 4. The van der Waals surface area contributed by atoms with Crippen LogP contribution in [0.3, 0.4) is 0 Å².